The van der Waals surface area contributed by atoms with Gasteiger partial charge in [-0.2, -0.15) is 0 Å². The van der Waals surface area contributed by atoms with Gasteiger partial charge in [0.25, 0.3) is 0 Å². The number of nitrogens with two attached hydrogens (primary N) is 1. The van der Waals surface area contributed by atoms with Gasteiger partial charge in [0.15, 0.2) is 0 Å². The van der Waals surface area contributed by atoms with Gasteiger partial charge in [0.05, 0.1) is 13.0 Å². The summed E-state index contributed by atoms with van der Waals surface area (Å²) >= 11 is 0. The summed E-state index contributed by atoms with van der Waals surface area (Å²) in [6, 6.07) is -0.907. The van der Waals surface area contributed by atoms with Crippen molar-refractivity contribution in [3.63, 3.8) is 0 Å². The Morgan fingerprint density at radius 1 is 1.58 bits per heavy atom. The van der Waals surface area contributed by atoms with Crippen LogP contribution in [0.3, 0.4) is 0 Å². The average Bonchev–Trinajstić information content (AvgIpc) is 1.80. The van der Waals surface area contributed by atoms with E-state index in [2.05, 4.69) is 4.52 Å². The smallest absolute Gasteiger partial charge is 0.469 e. The Kier molecular flexibility index (Phi) is 4.36. The fourth-order valence-electron chi connectivity index (χ4n) is 0.476. The van der Waals surface area contributed by atoms with Crippen LogP contribution in [0.1, 0.15) is 6.42 Å². The first-order chi connectivity index (χ1) is 5.31. The summed E-state index contributed by atoms with van der Waals surface area (Å²) < 4.78 is 14.1. The molecule has 0 aliphatic heterocycles. The maximum absolute atomic E-state index is 10.1. The highest BCUT2D eigenvalue weighted by Gasteiger charge is 2.17. The summed E-state index contributed by atoms with van der Waals surface area (Å²) in [5.41, 5.74) is 5.13. The normalized spacial score (nSPS) is 14.2. The van der Waals surface area contributed by atoms with Crippen LogP contribution in [0.4, 0.5) is 0 Å². The molecule has 0 amide bonds. The van der Waals surface area contributed by atoms with Gasteiger partial charge in [0.2, 0.25) is 0 Å². The standard InChI is InChI=1S/C4H10NO6P/c5-3(1-4(6)7)2-11-12(8,9)10/h3H,1-2,5H2,(H,6,7)(H2,8,9,10)/t3-/m0/s1. The minimum absolute atomic E-state index is 0.389. The number of phosphoric acid groups is 1. The first kappa shape index (κ1) is 11.5. The fraction of sp³-hybridized carbons (Fsp3) is 0.750. The van der Waals surface area contributed by atoms with Gasteiger partial charge < -0.3 is 20.6 Å². The van der Waals surface area contributed by atoms with E-state index in [-0.39, 0.29) is 6.42 Å². The molecule has 0 aromatic rings. The Hall–Kier alpha value is -0.460. The molecule has 5 N–H and O–H groups in total. The van der Waals surface area contributed by atoms with E-state index in [9.17, 15) is 9.36 Å². The van der Waals surface area contributed by atoms with Crippen LogP contribution >= 0.6 is 7.82 Å². The number of hydrogen-bond donors (Lipinski definition) is 4. The molecule has 0 aromatic heterocycles. The van der Waals surface area contributed by atoms with Gasteiger partial charge in [0, 0.05) is 6.04 Å². The van der Waals surface area contributed by atoms with Crippen LogP contribution in [-0.4, -0.2) is 33.5 Å². The van der Waals surface area contributed by atoms with E-state index < -0.39 is 26.4 Å². The third kappa shape index (κ3) is 7.64. The number of carbonyl (C=O) groups is 1. The second kappa shape index (κ2) is 4.54. The zero-order valence-corrected chi connectivity index (χ0v) is 6.98. The molecule has 72 valence electrons. The van der Waals surface area contributed by atoms with Crippen molar-refractivity contribution in [2.45, 2.75) is 12.5 Å². The maximum atomic E-state index is 10.1. The molecule has 0 fully saturated rings. The number of phosphoric ester groups is 1. The highest BCUT2D eigenvalue weighted by Crippen LogP contribution is 2.35. The van der Waals surface area contributed by atoms with Crippen LogP contribution in [0.15, 0.2) is 0 Å². The van der Waals surface area contributed by atoms with Crippen LogP contribution in [-0.2, 0) is 13.9 Å². The van der Waals surface area contributed by atoms with Crippen molar-refractivity contribution in [2.24, 2.45) is 5.73 Å². The van der Waals surface area contributed by atoms with E-state index in [1.807, 2.05) is 0 Å². The van der Waals surface area contributed by atoms with E-state index in [0.717, 1.165) is 0 Å². The van der Waals surface area contributed by atoms with Crippen molar-refractivity contribution in [2.75, 3.05) is 6.61 Å². The lowest BCUT2D eigenvalue weighted by molar-refractivity contribution is -0.137. The summed E-state index contributed by atoms with van der Waals surface area (Å²) in [5, 5.41) is 8.18. The zero-order valence-electron chi connectivity index (χ0n) is 6.08. The molecule has 0 aliphatic rings. The van der Waals surface area contributed by atoms with Crippen LogP contribution in [0.25, 0.3) is 0 Å². The van der Waals surface area contributed by atoms with Gasteiger partial charge in [-0.25, -0.2) is 4.57 Å². The molecule has 0 saturated carbocycles. The average molecular weight is 199 g/mol. The molecule has 0 aliphatic carbocycles. The molecule has 0 saturated heterocycles. The first-order valence-corrected chi connectivity index (χ1v) is 4.52. The number of hydrogen-bond acceptors (Lipinski definition) is 4. The fourth-order valence-corrected chi connectivity index (χ4v) is 0.862. The van der Waals surface area contributed by atoms with Gasteiger partial charge in [0.1, 0.15) is 0 Å². The van der Waals surface area contributed by atoms with E-state index >= 15 is 0 Å². The van der Waals surface area contributed by atoms with Gasteiger partial charge in [-0.15, -0.1) is 0 Å². The summed E-state index contributed by atoms with van der Waals surface area (Å²) in [4.78, 5) is 26.4. The minimum Gasteiger partial charge on any atom is -0.481 e. The topological polar surface area (TPSA) is 130 Å². The molecule has 12 heavy (non-hydrogen) atoms. The number of rotatable bonds is 5. The molecule has 0 bridgehead atoms. The molecular formula is C4H10NO6P. The lowest BCUT2D eigenvalue weighted by Gasteiger charge is -2.09. The lowest BCUT2D eigenvalue weighted by atomic mass is 10.2. The lowest BCUT2D eigenvalue weighted by Crippen LogP contribution is -2.28. The molecule has 0 aromatic carbocycles. The largest absolute Gasteiger partial charge is 0.481 e. The van der Waals surface area contributed by atoms with Crippen LogP contribution in [0.5, 0.6) is 0 Å². The van der Waals surface area contributed by atoms with Gasteiger partial charge >= 0.3 is 13.8 Å². The molecule has 0 heterocycles. The minimum atomic E-state index is -4.54. The molecular weight excluding hydrogens is 189 g/mol. The van der Waals surface area contributed by atoms with Crippen LogP contribution in [0, 0.1) is 0 Å². The number of carboxylic acid groups (broad SMARTS) is 1. The van der Waals surface area contributed by atoms with E-state index in [1.165, 1.54) is 0 Å². The monoisotopic (exact) mass is 199 g/mol. The molecule has 1 atom stereocenters. The quantitative estimate of drug-likeness (QED) is 0.413. The second-order valence-electron chi connectivity index (χ2n) is 2.14. The van der Waals surface area contributed by atoms with Crippen molar-refractivity contribution >= 4 is 13.8 Å². The molecule has 0 radical (unpaired) electrons. The summed E-state index contributed by atoms with van der Waals surface area (Å²) in [5.74, 6) is -1.14. The highest BCUT2D eigenvalue weighted by molar-refractivity contribution is 7.46. The van der Waals surface area contributed by atoms with Crippen molar-refractivity contribution in [3.8, 4) is 0 Å². The molecule has 0 unspecified atom stereocenters. The van der Waals surface area contributed by atoms with Crippen molar-refractivity contribution in [1.82, 2.24) is 0 Å². The summed E-state index contributed by atoms with van der Waals surface area (Å²) in [6.07, 6.45) is -0.389. The predicted molar refractivity (Wildman–Crippen MR) is 38.2 cm³/mol. The van der Waals surface area contributed by atoms with E-state index in [0.29, 0.717) is 0 Å². The third-order valence-corrected chi connectivity index (χ3v) is 1.38. The third-order valence-electron chi connectivity index (χ3n) is 0.894. The number of carboxylic acids is 1. The Labute approximate surface area is 68.4 Å². The Morgan fingerprint density at radius 3 is 2.42 bits per heavy atom. The summed E-state index contributed by atoms with van der Waals surface area (Å²) in [6.45, 7) is -0.476. The second-order valence-corrected chi connectivity index (χ2v) is 3.38. The van der Waals surface area contributed by atoms with Crippen LogP contribution in [0.2, 0.25) is 0 Å². The Bertz CT molecular complexity index is 200. The number of aliphatic carboxylic acids is 1. The maximum Gasteiger partial charge on any atom is 0.469 e. The van der Waals surface area contributed by atoms with Gasteiger partial charge in [-0.05, 0) is 0 Å². The SMILES string of the molecule is N[C@H](COP(=O)(O)O)CC(=O)O. The first-order valence-electron chi connectivity index (χ1n) is 2.98. The zero-order chi connectivity index (χ0) is 9.78. The molecule has 8 heteroatoms. The molecule has 0 rings (SSSR count). The summed E-state index contributed by atoms with van der Waals surface area (Å²) in [7, 11) is -4.54. The Morgan fingerprint density at radius 2 is 2.08 bits per heavy atom. The highest BCUT2D eigenvalue weighted by atomic mass is 31.2. The van der Waals surface area contributed by atoms with E-state index in [1.54, 1.807) is 0 Å². The van der Waals surface area contributed by atoms with Gasteiger partial charge in [-0.3, -0.25) is 9.32 Å². The van der Waals surface area contributed by atoms with E-state index in [4.69, 9.17) is 20.6 Å². The van der Waals surface area contributed by atoms with Crippen molar-refractivity contribution < 1.29 is 28.8 Å². The Balaban J connectivity index is 3.65. The van der Waals surface area contributed by atoms with Crippen molar-refractivity contribution in [1.29, 1.82) is 0 Å². The van der Waals surface area contributed by atoms with Gasteiger partial charge in [-0.1, -0.05) is 0 Å². The van der Waals surface area contributed by atoms with Crippen molar-refractivity contribution in [3.05, 3.63) is 0 Å². The predicted octanol–water partition coefficient (Wildman–Crippen LogP) is -1.10. The van der Waals surface area contributed by atoms with Crippen LogP contribution < -0.4 is 5.73 Å². The molecule has 7 nitrogen and oxygen atoms in total. The molecule has 0 spiro atoms.